The summed E-state index contributed by atoms with van der Waals surface area (Å²) in [5.74, 6) is 0.501. The van der Waals surface area contributed by atoms with Gasteiger partial charge in [0, 0.05) is 24.1 Å². The van der Waals surface area contributed by atoms with Crippen LogP contribution in [0.15, 0.2) is 35.7 Å². The summed E-state index contributed by atoms with van der Waals surface area (Å²) in [4.78, 5) is 4.08. The van der Waals surface area contributed by atoms with Crippen molar-refractivity contribution < 1.29 is 5.11 Å². The maximum Gasteiger partial charge on any atom is 0.185 e. The number of benzene rings is 1. The summed E-state index contributed by atoms with van der Waals surface area (Å²) in [6, 6.07) is 7.33. The van der Waals surface area contributed by atoms with Crippen molar-refractivity contribution in [2.24, 2.45) is 7.05 Å². The molecule has 1 atom stereocenters. The number of hydrogen-bond acceptors (Lipinski definition) is 5. The van der Waals surface area contributed by atoms with Crippen molar-refractivity contribution in [2.45, 2.75) is 11.3 Å². The van der Waals surface area contributed by atoms with Gasteiger partial charge in [0.05, 0.1) is 6.10 Å². The lowest BCUT2D eigenvalue weighted by molar-refractivity contribution is 0.205. The van der Waals surface area contributed by atoms with Gasteiger partial charge in [0.15, 0.2) is 5.16 Å². The third kappa shape index (κ3) is 2.78. The Balaban J connectivity index is 2.01. The molecule has 0 aliphatic heterocycles. The Hall–Kier alpha value is -1.53. The quantitative estimate of drug-likeness (QED) is 0.630. The molecular formula is C11H14N4OS. The molecule has 1 unspecified atom stereocenters. The number of nitrogen functional groups attached to an aromatic ring is 1. The molecule has 0 spiro atoms. The van der Waals surface area contributed by atoms with E-state index in [-0.39, 0.29) is 0 Å². The maximum atomic E-state index is 10.0. The van der Waals surface area contributed by atoms with Gasteiger partial charge in [-0.3, -0.25) is 0 Å². The molecule has 1 aromatic heterocycles. The van der Waals surface area contributed by atoms with Gasteiger partial charge in [-0.1, -0.05) is 30.0 Å². The minimum atomic E-state index is -0.599. The molecule has 1 aromatic carbocycles. The van der Waals surface area contributed by atoms with Gasteiger partial charge in [-0.15, -0.1) is 0 Å². The van der Waals surface area contributed by atoms with Crippen LogP contribution in [0.1, 0.15) is 11.7 Å². The van der Waals surface area contributed by atoms with Crippen molar-refractivity contribution in [1.82, 2.24) is 14.8 Å². The van der Waals surface area contributed by atoms with Crippen LogP contribution in [0.3, 0.4) is 0 Å². The molecule has 3 N–H and O–H groups in total. The monoisotopic (exact) mass is 250 g/mol. The Kier molecular flexibility index (Phi) is 3.65. The lowest BCUT2D eigenvalue weighted by Crippen LogP contribution is -2.05. The van der Waals surface area contributed by atoms with E-state index >= 15 is 0 Å². The van der Waals surface area contributed by atoms with Gasteiger partial charge >= 0.3 is 0 Å². The number of rotatable bonds is 4. The van der Waals surface area contributed by atoms with Crippen molar-refractivity contribution in [3.8, 4) is 0 Å². The molecule has 0 saturated carbocycles. The zero-order chi connectivity index (χ0) is 12.3. The van der Waals surface area contributed by atoms with Crippen LogP contribution in [-0.4, -0.2) is 25.6 Å². The number of nitrogens with zero attached hydrogens (tertiary/aromatic N) is 3. The highest BCUT2D eigenvalue weighted by atomic mass is 32.2. The summed E-state index contributed by atoms with van der Waals surface area (Å²) in [7, 11) is 1.82. The van der Waals surface area contributed by atoms with Crippen LogP contribution < -0.4 is 5.73 Å². The molecule has 0 aliphatic carbocycles. The van der Waals surface area contributed by atoms with Crippen LogP contribution in [0.4, 0.5) is 5.69 Å². The fourth-order valence-electron chi connectivity index (χ4n) is 1.47. The van der Waals surface area contributed by atoms with Crippen molar-refractivity contribution >= 4 is 17.4 Å². The molecule has 6 heteroatoms. The lowest BCUT2D eigenvalue weighted by atomic mass is 10.1. The van der Waals surface area contributed by atoms with Crippen LogP contribution in [0.5, 0.6) is 0 Å². The number of aromatic nitrogens is 3. The van der Waals surface area contributed by atoms with Gasteiger partial charge in [0.1, 0.15) is 6.33 Å². The number of nitrogens with two attached hydrogens (primary N) is 1. The molecule has 1 heterocycles. The molecular weight excluding hydrogens is 236 g/mol. The molecule has 2 rings (SSSR count). The second kappa shape index (κ2) is 5.20. The van der Waals surface area contributed by atoms with Gasteiger partial charge in [-0.05, 0) is 6.07 Å². The Morgan fingerprint density at radius 2 is 2.24 bits per heavy atom. The van der Waals surface area contributed by atoms with Gasteiger partial charge in [-0.2, -0.15) is 5.10 Å². The largest absolute Gasteiger partial charge is 0.398 e. The van der Waals surface area contributed by atoms with E-state index in [4.69, 9.17) is 5.73 Å². The first-order chi connectivity index (χ1) is 8.18. The summed E-state index contributed by atoms with van der Waals surface area (Å²) in [5.41, 5.74) is 7.16. The predicted octanol–water partition coefficient (Wildman–Crippen LogP) is 1.22. The summed E-state index contributed by atoms with van der Waals surface area (Å²) in [5, 5.41) is 14.8. The smallest absolute Gasteiger partial charge is 0.185 e. The van der Waals surface area contributed by atoms with Crippen molar-refractivity contribution in [1.29, 1.82) is 0 Å². The van der Waals surface area contributed by atoms with Crippen LogP contribution in [0.25, 0.3) is 0 Å². The van der Waals surface area contributed by atoms with Gasteiger partial charge in [0.2, 0.25) is 0 Å². The highest BCUT2D eigenvalue weighted by molar-refractivity contribution is 7.99. The highest BCUT2D eigenvalue weighted by Gasteiger charge is 2.12. The summed E-state index contributed by atoms with van der Waals surface area (Å²) in [6.07, 6.45) is 0.892. The number of para-hydroxylation sites is 1. The molecule has 2 aromatic rings. The molecule has 0 saturated heterocycles. The van der Waals surface area contributed by atoms with Gasteiger partial charge in [-0.25, -0.2) is 9.67 Å². The van der Waals surface area contributed by atoms with E-state index in [9.17, 15) is 5.11 Å². The fourth-order valence-corrected chi connectivity index (χ4v) is 2.32. The number of thioether (sulfide) groups is 1. The van der Waals surface area contributed by atoms with E-state index in [1.807, 2.05) is 25.2 Å². The van der Waals surface area contributed by atoms with E-state index in [1.165, 1.54) is 18.1 Å². The Labute approximate surface area is 104 Å². The average Bonchev–Trinajstić information content (AvgIpc) is 2.72. The first-order valence-electron chi connectivity index (χ1n) is 5.17. The third-order valence-electron chi connectivity index (χ3n) is 2.40. The lowest BCUT2D eigenvalue weighted by Gasteiger charge is -2.12. The Morgan fingerprint density at radius 3 is 2.88 bits per heavy atom. The van der Waals surface area contributed by atoms with Crippen LogP contribution >= 0.6 is 11.8 Å². The standard InChI is InChI=1S/C11H14N4OS/c1-15-11(13-7-14-15)17-6-10(16)8-4-2-3-5-9(8)12/h2-5,7,10,16H,6,12H2,1H3. The molecule has 90 valence electrons. The van der Waals surface area contributed by atoms with Crippen molar-refractivity contribution in [3.05, 3.63) is 36.2 Å². The third-order valence-corrected chi connectivity index (χ3v) is 3.51. The molecule has 0 amide bonds. The van der Waals surface area contributed by atoms with Crippen LogP contribution in [0.2, 0.25) is 0 Å². The highest BCUT2D eigenvalue weighted by Crippen LogP contribution is 2.25. The van der Waals surface area contributed by atoms with E-state index < -0.39 is 6.10 Å². The van der Waals surface area contributed by atoms with Gasteiger partial charge in [0.25, 0.3) is 0 Å². The first kappa shape index (κ1) is 11.9. The molecule has 0 fully saturated rings. The van der Waals surface area contributed by atoms with E-state index in [2.05, 4.69) is 10.1 Å². The van der Waals surface area contributed by atoms with Crippen LogP contribution in [0, 0.1) is 0 Å². The number of aliphatic hydroxyl groups excluding tert-OH is 1. The molecule has 17 heavy (non-hydrogen) atoms. The molecule has 0 aliphatic rings. The van der Waals surface area contributed by atoms with Gasteiger partial charge < -0.3 is 10.8 Å². The van der Waals surface area contributed by atoms with Crippen molar-refractivity contribution in [3.63, 3.8) is 0 Å². The summed E-state index contributed by atoms with van der Waals surface area (Å²) >= 11 is 1.45. The van der Waals surface area contributed by atoms with E-state index in [0.29, 0.717) is 11.4 Å². The average molecular weight is 250 g/mol. The predicted molar refractivity (Wildman–Crippen MR) is 67.5 cm³/mol. The number of anilines is 1. The minimum Gasteiger partial charge on any atom is -0.398 e. The van der Waals surface area contributed by atoms with E-state index in [1.54, 1.807) is 10.7 Å². The molecule has 0 bridgehead atoms. The van der Waals surface area contributed by atoms with Crippen LogP contribution in [-0.2, 0) is 7.05 Å². The number of aryl methyl sites for hydroxylation is 1. The Bertz CT molecular complexity index is 500. The van der Waals surface area contributed by atoms with Crippen molar-refractivity contribution in [2.75, 3.05) is 11.5 Å². The minimum absolute atomic E-state index is 0.501. The molecule has 5 nitrogen and oxygen atoms in total. The second-order valence-corrected chi connectivity index (χ2v) is 4.61. The topological polar surface area (TPSA) is 77.0 Å². The maximum absolute atomic E-state index is 10.0. The number of aliphatic hydroxyl groups is 1. The fraction of sp³-hybridized carbons (Fsp3) is 0.273. The van der Waals surface area contributed by atoms with E-state index in [0.717, 1.165) is 10.7 Å². The first-order valence-corrected chi connectivity index (χ1v) is 6.16. The zero-order valence-corrected chi connectivity index (χ0v) is 10.3. The Morgan fingerprint density at radius 1 is 1.47 bits per heavy atom. The SMILES string of the molecule is Cn1ncnc1SCC(O)c1ccccc1N. The second-order valence-electron chi connectivity index (χ2n) is 3.62. The number of hydrogen-bond donors (Lipinski definition) is 2. The zero-order valence-electron chi connectivity index (χ0n) is 9.45. The summed E-state index contributed by atoms with van der Waals surface area (Å²) in [6.45, 7) is 0. The normalized spacial score (nSPS) is 12.6. The molecule has 0 radical (unpaired) electrons. The summed E-state index contributed by atoms with van der Waals surface area (Å²) < 4.78 is 1.67.